The molecule has 29 heavy (non-hydrogen) atoms. The standard InChI is InChI=1S/C23H30N2O4/c26-19(7-4-12-24-22(27)16-8-9-16)25-21-18-11-10-17(13-18)20(21)23(28)29-14-15-5-2-1-3-6-15/h1-3,5-6,16-18,20-21H,4,7-14H2,(H,24,27)(H,25,26)/t17-,18-,20-,21+/m0/s1. The van der Waals surface area contributed by atoms with Gasteiger partial charge in [-0.25, -0.2) is 0 Å². The zero-order valence-corrected chi connectivity index (χ0v) is 16.8. The van der Waals surface area contributed by atoms with E-state index in [9.17, 15) is 14.4 Å². The lowest BCUT2D eigenvalue weighted by atomic mass is 9.84. The third kappa shape index (κ3) is 4.98. The molecule has 4 atom stereocenters. The number of nitrogens with one attached hydrogen (secondary N) is 2. The molecule has 0 heterocycles. The Labute approximate surface area is 171 Å². The largest absolute Gasteiger partial charge is 0.461 e. The highest BCUT2D eigenvalue weighted by Crippen LogP contribution is 2.49. The monoisotopic (exact) mass is 398 g/mol. The van der Waals surface area contributed by atoms with Crippen LogP contribution < -0.4 is 10.6 Å². The van der Waals surface area contributed by atoms with Gasteiger partial charge in [-0.05, 0) is 55.9 Å². The quantitative estimate of drug-likeness (QED) is 0.495. The molecule has 0 saturated heterocycles. The molecule has 0 unspecified atom stereocenters. The number of rotatable bonds is 9. The van der Waals surface area contributed by atoms with E-state index in [-0.39, 0.29) is 42.3 Å². The van der Waals surface area contributed by atoms with Crippen LogP contribution in [-0.4, -0.2) is 30.4 Å². The molecule has 3 fully saturated rings. The van der Waals surface area contributed by atoms with Crippen molar-refractivity contribution < 1.29 is 19.1 Å². The zero-order chi connectivity index (χ0) is 20.2. The van der Waals surface area contributed by atoms with Crippen molar-refractivity contribution in [2.24, 2.45) is 23.7 Å². The molecule has 0 radical (unpaired) electrons. The average molecular weight is 399 g/mol. The molecule has 1 aromatic rings. The number of carbonyl (C=O) groups is 3. The first-order valence-corrected chi connectivity index (χ1v) is 10.9. The van der Waals surface area contributed by atoms with Crippen LogP contribution in [0.4, 0.5) is 0 Å². The van der Waals surface area contributed by atoms with Crippen LogP contribution in [0.2, 0.25) is 0 Å². The summed E-state index contributed by atoms with van der Waals surface area (Å²) >= 11 is 0. The third-order valence-electron chi connectivity index (χ3n) is 6.57. The van der Waals surface area contributed by atoms with Gasteiger partial charge in [0.2, 0.25) is 11.8 Å². The summed E-state index contributed by atoms with van der Waals surface area (Å²) in [4.78, 5) is 36.9. The zero-order valence-electron chi connectivity index (χ0n) is 16.8. The SMILES string of the molecule is O=C(CCCNC(=O)C1CC1)N[C@@H]1[C@H]2CC[C@@H](C2)[C@@H]1C(=O)OCc1ccccc1. The maximum absolute atomic E-state index is 12.8. The lowest BCUT2D eigenvalue weighted by molar-refractivity contribution is -0.153. The number of benzene rings is 1. The van der Waals surface area contributed by atoms with Crippen LogP contribution in [0.1, 0.15) is 50.5 Å². The van der Waals surface area contributed by atoms with E-state index < -0.39 is 0 Å². The number of fused-ring (bicyclic) bond motifs is 2. The van der Waals surface area contributed by atoms with Crippen molar-refractivity contribution in [3.8, 4) is 0 Å². The third-order valence-corrected chi connectivity index (χ3v) is 6.57. The highest BCUT2D eigenvalue weighted by Gasteiger charge is 2.52. The Morgan fingerprint density at radius 1 is 1.00 bits per heavy atom. The van der Waals surface area contributed by atoms with Crippen LogP contribution in [0.15, 0.2) is 30.3 Å². The van der Waals surface area contributed by atoms with E-state index in [2.05, 4.69) is 10.6 Å². The van der Waals surface area contributed by atoms with Gasteiger partial charge in [0.15, 0.2) is 0 Å². The molecule has 0 spiro atoms. The molecule has 156 valence electrons. The number of hydrogen-bond acceptors (Lipinski definition) is 4. The highest BCUT2D eigenvalue weighted by atomic mass is 16.5. The van der Waals surface area contributed by atoms with Gasteiger partial charge >= 0.3 is 5.97 Å². The van der Waals surface area contributed by atoms with Crippen molar-refractivity contribution in [1.29, 1.82) is 0 Å². The van der Waals surface area contributed by atoms with Crippen molar-refractivity contribution >= 4 is 17.8 Å². The Hall–Kier alpha value is -2.37. The van der Waals surface area contributed by atoms with Crippen molar-refractivity contribution in [1.82, 2.24) is 10.6 Å². The lowest BCUT2D eigenvalue weighted by Crippen LogP contribution is -2.47. The van der Waals surface area contributed by atoms with Gasteiger partial charge in [0.05, 0.1) is 5.92 Å². The molecule has 3 aliphatic rings. The Kier molecular flexibility index (Phi) is 6.16. The number of carbonyl (C=O) groups excluding carboxylic acids is 3. The molecule has 6 nitrogen and oxygen atoms in total. The molecule has 0 aliphatic heterocycles. The van der Waals surface area contributed by atoms with Gasteiger partial charge in [0, 0.05) is 24.9 Å². The first-order valence-electron chi connectivity index (χ1n) is 10.9. The molecule has 3 saturated carbocycles. The minimum atomic E-state index is -0.240. The van der Waals surface area contributed by atoms with Gasteiger partial charge in [-0.15, -0.1) is 0 Å². The summed E-state index contributed by atoms with van der Waals surface area (Å²) in [5, 5.41) is 6.00. The molecule has 6 heteroatoms. The molecule has 1 aromatic carbocycles. The minimum Gasteiger partial charge on any atom is -0.461 e. The van der Waals surface area contributed by atoms with E-state index in [0.717, 1.165) is 37.7 Å². The summed E-state index contributed by atoms with van der Waals surface area (Å²) in [5.74, 6) is 0.516. The van der Waals surface area contributed by atoms with Crippen LogP contribution >= 0.6 is 0 Å². The van der Waals surface area contributed by atoms with E-state index in [0.29, 0.717) is 31.2 Å². The predicted octanol–water partition coefficient (Wildman–Crippen LogP) is 2.57. The maximum atomic E-state index is 12.8. The minimum absolute atomic E-state index is 0.0379. The molecule has 4 rings (SSSR count). The van der Waals surface area contributed by atoms with Crippen LogP contribution in [0.5, 0.6) is 0 Å². The Balaban J connectivity index is 1.24. The number of hydrogen-bond donors (Lipinski definition) is 2. The summed E-state index contributed by atoms with van der Waals surface area (Å²) < 4.78 is 5.59. The van der Waals surface area contributed by atoms with Crippen molar-refractivity contribution in [2.75, 3.05) is 6.54 Å². The molecular weight excluding hydrogens is 368 g/mol. The Morgan fingerprint density at radius 2 is 1.76 bits per heavy atom. The van der Waals surface area contributed by atoms with E-state index in [1.54, 1.807) is 0 Å². The average Bonchev–Trinajstić information content (AvgIpc) is 3.40. The van der Waals surface area contributed by atoms with Crippen LogP contribution in [0, 0.1) is 23.7 Å². The van der Waals surface area contributed by atoms with Gasteiger partial charge < -0.3 is 15.4 Å². The first-order chi connectivity index (χ1) is 14.1. The van der Waals surface area contributed by atoms with Crippen molar-refractivity contribution in [3.05, 3.63) is 35.9 Å². The molecule has 3 aliphatic carbocycles. The fraction of sp³-hybridized carbons (Fsp3) is 0.609. The molecule has 2 amide bonds. The number of amides is 2. The maximum Gasteiger partial charge on any atom is 0.311 e. The Bertz CT molecular complexity index is 747. The number of esters is 1. The Morgan fingerprint density at radius 3 is 2.52 bits per heavy atom. The van der Waals surface area contributed by atoms with Gasteiger partial charge in [-0.2, -0.15) is 0 Å². The second kappa shape index (κ2) is 8.97. The molecule has 2 N–H and O–H groups in total. The van der Waals surface area contributed by atoms with Gasteiger partial charge in [0.25, 0.3) is 0 Å². The van der Waals surface area contributed by atoms with Crippen LogP contribution in [0.3, 0.4) is 0 Å². The van der Waals surface area contributed by atoms with E-state index >= 15 is 0 Å². The molecule has 0 aromatic heterocycles. The summed E-state index contributed by atoms with van der Waals surface area (Å²) in [6.45, 7) is 0.803. The van der Waals surface area contributed by atoms with E-state index in [4.69, 9.17) is 4.74 Å². The summed E-state index contributed by atoms with van der Waals surface area (Å²) in [6.07, 6.45) is 6.05. The van der Waals surface area contributed by atoms with E-state index in [1.165, 1.54) is 0 Å². The van der Waals surface area contributed by atoms with Crippen molar-refractivity contribution in [3.63, 3.8) is 0 Å². The fourth-order valence-corrected chi connectivity index (χ4v) is 4.87. The van der Waals surface area contributed by atoms with Crippen molar-refractivity contribution in [2.45, 2.75) is 57.6 Å². The highest BCUT2D eigenvalue weighted by molar-refractivity contribution is 5.81. The first kappa shape index (κ1) is 19.9. The smallest absolute Gasteiger partial charge is 0.311 e. The second-order valence-corrected chi connectivity index (χ2v) is 8.71. The molecular formula is C23H30N2O4. The molecule has 2 bridgehead atoms. The fourth-order valence-electron chi connectivity index (χ4n) is 4.87. The predicted molar refractivity (Wildman–Crippen MR) is 107 cm³/mol. The summed E-state index contributed by atoms with van der Waals surface area (Å²) in [7, 11) is 0. The normalized spacial score (nSPS) is 27.4. The summed E-state index contributed by atoms with van der Waals surface area (Å²) in [5.41, 5.74) is 0.970. The lowest BCUT2D eigenvalue weighted by Gasteiger charge is -2.30. The van der Waals surface area contributed by atoms with Crippen LogP contribution in [-0.2, 0) is 25.7 Å². The van der Waals surface area contributed by atoms with E-state index in [1.807, 2.05) is 30.3 Å². The van der Waals surface area contributed by atoms with Gasteiger partial charge in [-0.3, -0.25) is 14.4 Å². The topological polar surface area (TPSA) is 84.5 Å². The van der Waals surface area contributed by atoms with Gasteiger partial charge in [-0.1, -0.05) is 30.3 Å². The number of ether oxygens (including phenoxy) is 1. The summed E-state index contributed by atoms with van der Waals surface area (Å²) in [6, 6.07) is 9.55. The van der Waals surface area contributed by atoms with Crippen LogP contribution in [0.25, 0.3) is 0 Å². The van der Waals surface area contributed by atoms with Gasteiger partial charge in [0.1, 0.15) is 6.61 Å². The second-order valence-electron chi connectivity index (χ2n) is 8.71.